The fourth-order valence-electron chi connectivity index (χ4n) is 4.74. The second-order valence-electron chi connectivity index (χ2n) is 9.30. The number of methoxy groups -OCH3 is 1. The fourth-order valence-corrected chi connectivity index (χ4v) is 4.74. The van der Waals surface area contributed by atoms with Crippen molar-refractivity contribution in [3.05, 3.63) is 53.3 Å². The monoisotopic (exact) mass is 468 g/mol. The number of amides is 2. The predicted octanol–water partition coefficient (Wildman–Crippen LogP) is 3.12. The molecule has 8 heteroatoms. The summed E-state index contributed by atoms with van der Waals surface area (Å²) in [6.07, 6.45) is 0.129. The Hall–Kier alpha value is -3.13. The summed E-state index contributed by atoms with van der Waals surface area (Å²) in [7, 11) is 3.65. The Kier molecular flexibility index (Phi) is 7.07. The van der Waals surface area contributed by atoms with Gasteiger partial charge in [-0.2, -0.15) is 0 Å². The van der Waals surface area contributed by atoms with Crippen LogP contribution in [0.3, 0.4) is 0 Å². The molecule has 0 aliphatic carbocycles. The average molecular weight is 469 g/mol. The van der Waals surface area contributed by atoms with Gasteiger partial charge in [0.15, 0.2) is 0 Å². The lowest BCUT2D eigenvalue weighted by Gasteiger charge is -2.36. The highest BCUT2D eigenvalue weighted by molar-refractivity contribution is 6.01. The molecule has 0 bridgehead atoms. The van der Waals surface area contributed by atoms with E-state index < -0.39 is 12.0 Å². The number of halogens is 1. The number of rotatable bonds is 6. The second kappa shape index (κ2) is 10.0. The normalized spacial score (nSPS) is 19.9. The third kappa shape index (κ3) is 5.01. The van der Waals surface area contributed by atoms with E-state index in [1.165, 1.54) is 12.1 Å². The molecule has 0 saturated carbocycles. The van der Waals surface area contributed by atoms with Crippen LogP contribution in [-0.4, -0.2) is 63.6 Å². The average Bonchev–Trinajstić information content (AvgIpc) is 3.21. The standard InChI is InChI=1S/C26H33FN4O3/c1-17-5-8-24(34-4)23(13-17)31-16-19(14-25(31)32)26(33)28-18(2)21-15-20(27)6-7-22(21)30-11-9-29(3)10-12-30/h5-8,13,15,18-19H,9-12,14,16H2,1-4H3,(H,28,33). The molecule has 0 aromatic heterocycles. The van der Waals surface area contributed by atoms with Gasteiger partial charge in [-0.25, -0.2) is 4.39 Å². The topological polar surface area (TPSA) is 65.1 Å². The highest BCUT2D eigenvalue weighted by Gasteiger charge is 2.37. The summed E-state index contributed by atoms with van der Waals surface area (Å²) in [4.78, 5) is 32.1. The third-order valence-electron chi connectivity index (χ3n) is 6.78. The van der Waals surface area contributed by atoms with E-state index in [-0.39, 0.29) is 30.6 Å². The number of anilines is 2. The molecule has 2 unspecified atom stereocenters. The number of hydrogen-bond donors (Lipinski definition) is 1. The molecule has 182 valence electrons. The molecule has 0 radical (unpaired) electrons. The van der Waals surface area contributed by atoms with Crippen molar-refractivity contribution in [1.29, 1.82) is 0 Å². The van der Waals surface area contributed by atoms with Crippen LogP contribution in [0.1, 0.15) is 30.5 Å². The molecule has 0 spiro atoms. The van der Waals surface area contributed by atoms with Gasteiger partial charge in [-0.3, -0.25) is 9.59 Å². The van der Waals surface area contributed by atoms with Gasteiger partial charge in [-0.05, 0) is 56.8 Å². The van der Waals surface area contributed by atoms with Crippen LogP contribution >= 0.6 is 0 Å². The molecule has 7 nitrogen and oxygen atoms in total. The van der Waals surface area contributed by atoms with Crippen LogP contribution in [0.5, 0.6) is 5.75 Å². The Morgan fingerprint density at radius 1 is 1.12 bits per heavy atom. The number of piperazine rings is 1. The van der Waals surface area contributed by atoms with Crippen molar-refractivity contribution in [2.75, 3.05) is 56.7 Å². The summed E-state index contributed by atoms with van der Waals surface area (Å²) in [5, 5.41) is 3.03. The lowest BCUT2D eigenvalue weighted by Crippen LogP contribution is -2.45. The summed E-state index contributed by atoms with van der Waals surface area (Å²) in [5.41, 5.74) is 3.38. The van der Waals surface area contributed by atoms with Crippen molar-refractivity contribution in [3.8, 4) is 5.75 Å². The lowest BCUT2D eigenvalue weighted by molar-refractivity contribution is -0.126. The van der Waals surface area contributed by atoms with Crippen molar-refractivity contribution in [1.82, 2.24) is 10.2 Å². The quantitative estimate of drug-likeness (QED) is 0.706. The van der Waals surface area contributed by atoms with E-state index in [0.717, 1.165) is 43.0 Å². The number of aryl methyl sites for hydroxylation is 1. The first-order chi connectivity index (χ1) is 16.3. The van der Waals surface area contributed by atoms with Gasteiger partial charge in [0.1, 0.15) is 11.6 Å². The van der Waals surface area contributed by atoms with E-state index in [9.17, 15) is 14.0 Å². The molecular weight excluding hydrogens is 435 g/mol. The first kappa shape index (κ1) is 24.0. The summed E-state index contributed by atoms with van der Waals surface area (Å²) in [5.74, 6) is -0.530. The Balaban J connectivity index is 1.48. The van der Waals surface area contributed by atoms with Crippen molar-refractivity contribution in [2.24, 2.45) is 5.92 Å². The Morgan fingerprint density at radius 2 is 1.85 bits per heavy atom. The largest absolute Gasteiger partial charge is 0.495 e. The number of carbonyl (C=O) groups is 2. The van der Waals surface area contributed by atoms with Crippen LogP contribution in [0.25, 0.3) is 0 Å². The van der Waals surface area contributed by atoms with E-state index in [0.29, 0.717) is 11.4 Å². The Labute approximate surface area is 200 Å². The van der Waals surface area contributed by atoms with Crippen LogP contribution in [0, 0.1) is 18.7 Å². The molecule has 2 fully saturated rings. The minimum Gasteiger partial charge on any atom is -0.495 e. The van der Waals surface area contributed by atoms with Crippen molar-refractivity contribution >= 4 is 23.2 Å². The first-order valence-electron chi connectivity index (χ1n) is 11.7. The first-order valence-corrected chi connectivity index (χ1v) is 11.7. The SMILES string of the molecule is COc1ccc(C)cc1N1CC(C(=O)NC(C)c2cc(F)ccc2N2CCN(C)CC2)CC1=O. The van der Waals surface area contributed by atoms with Gasteiger partial charge in [-0.15, -0.1) is 0 Å². The highest BCUT2D eigenvalue weighted by atomic mass is 19.1. The molecule has 2 aromatic rings. The smallest absolute Gasteiger partial charge is 0.227 e. The fraction of sp³-hybridized carbons (Fsp3) is 0.462. The van der Waals surface area contributed by atoms with Crippen LogP contribution in [0.4, 0.5) is 15.8 Å². The molecule has 4 rings (SSSR count). The number of benzene rings is 2. The van der Waals surface area contributed by atoms with Gasteiger partial charge in [0, 0.05) is 50.4 Å². The zero-order valence-corrected chi connectivity index (χ0v) is 20.3. The van der Waals surface area contributed by atoms with Crippen molar-refractivity contribution < 1.29 is 18.7 Å². The summed E-state index contributed by atoms with van der Waals surface area (Å²) >= 11 is 0. The molecule has 2 saturated heterocycles. The van der Waals surface area contributed by atoms with Crippen molar-refractivity contribution in [2.45, 2.75) is 26.3 Å². The van der Waals surface area contributed by atoms with Crippen LogP contribution < -0.4 is 19.9 Å². The molecular formula is C26H33FN4O3. The van der Waals surface area contributed by atoms with E-state index >= 15 is 0 Å². The van der Waals surface area contributed by atoms with Gasteiger partial charge in [0.05, 0.1) is 24.8 Å². The third-order valence-corrected chi connectivity index (χ3v) is 6.78. The van der Waals surface area contributed by atoms with E-state index in [1.54, 1.807) is 18.1 Å². The zero-order valence-electron chi connectivity index (χ0n) is 20.3. The highest BCUT2D eigenvalue weighted by Crippen LogP contribution is 2.34. The molecule has 2 aliphatic heterocycles. The maximum absolute atomic E-state index is 14.2. The van der Waals surface area contributed by atoms with E-state index in [2.05, 4.69) is 22.2 Å². The van der Waals surface area contributed by atoms with Gasteiger partial charge in [-0.1, -0.05) is 6.07 Å². The molecule has 2 aromatic carbocycles. The number of hydrogen-bond acceptors (Lipinski definition) is 5. The van der Waals surface area contributed by atoms with Gasteiger partial charge in [0.2, 0.25) is 11.8 Å². The van der Waals surface area contributed by atoms with Crippen molar-refractivity contribution in [3.63, 3.8) is 0 Å². The summed E-state index contributed by atoms with van der Waals surface area (Å²) in [6, 6.07) is 10.0. The van der Waals surface area contributed by atoms with Crippen LogP contribution in [0.2, 0.25) is 0 Å². The predicted molar refractivity (Wildman–Crippen MR) is 131 cm³/mol. The van der Waals surface area contributed by atoms with Gasteiger partial charge in [0.25, 0.3) is 0 Å². The summed E-state index contributed by atoms with van der Waals surface area (Å²) < 4.78 is 19.6. The van der Waals surface area contributed by atoms with Crippen LogP contribution in [0.15, 0.2) is 36.4 Å². The zero-order chi connectivity index (χ0) is 24.4. The van der Waals surface area contributed by atoms with E-state index in [4.69, 9.17) is 4.74 Å². The lowest BCUT2D eigenvalue weighted by atomic mass is 10.0. The number of ether oxygens (including phenoxy) is 1. The molecule has 2 heterocycles. The number of carbonyl (C=O) groups excluding carboxylic acids is 2. The van der Waals surface area contributed by atoms with Gasteiger partial charge < -0.3 is 24.8 Å². The maximum atomic E-state index is 14.2. The Morgan fingerprint density at radius 3 is 2.56 bits per heavy atom. The van der Waals surface area contributed by atoms with E-state index in [1.807, 2.05) is 32.0 Å². The molecule has 2 atom stereocenters. The number of likely N-dealkylation sites (N-methyl/N-ethyl adjacent to an activating group) is 1. The molecule has 2 aliphatic rings. The molecule has 2 amide bonds. The second-order valence-corrected chi connectivity index (χ2v) is 9.30. The number of nitrogens with zero attached hydrogens (tertiary/aromatic N) is 3. The number of nitrogens with one attached hydrogen (secondary N) is 1. The minimum atomic E-state index is -0.485. The Bertz CT molecular complexity index is 1070. The van der Waals surface area contributed by atoms with Crippen LogP contribution in [-0.2, 0) is 9.59 Å². The molecule has 34 heavy (non-hydrogen) atoms. The van der Waals surface area contributed by atoms with Gasteiger partial charge >= 0.3 is 0 Å². The maximum Gasteiger partial charge on any atom is 0.227 e. The minimum absolute atomic E-state index is 0.111. The summed E-state index contributed by atoms with van der Waals surface area (Å²) in [6.45, 7) is 7.66. The molecule has 1 N–H and O–H groups in total.